The minimum Gasteiger partial charge on any atom is -0.490 e. The quantitative estimate of drug-likeness (QED) is 0.499. The number of nitrogens with one attached hydrogen (secondary N) is 2. The summed E-state index contributed by atoms with van der Waals surface area (Å²) in [5, 5.41) is 16.9. The third kappa shape index (κ3) is 6.43. The number of methoxy groups -OCH3 is 1. The van der Waals surface area contributed by atoms with Crippen molar-refractivity contribution in [3.05, 3.63) is 58.1 Å². The lowest BCUT2D eigenvalue weighted by molar-refractivity contribution is -0.385. The van der Waals surface area contributed by atoms with Crippen LogP contribution in [0.15, 0.2) is 42.5 Å². The van der Waals surface area contributed by atoms with Gasteiger partial charge in [-0.3, -0.25) is 14.9 Å². The van der Waals surface area contributed by atoms with Gasteiger partial charge >= 0.3 is 5.69 Å². The van der Waals surface area contributed by atoms with Gasteiger partial charge in [0.2, 0.25) is 5.75 Å². The van der Waals surface area contributed by atoms with Crippen molar-refractivity contribution in [3.8, 4) is 11.5 Å². The second-order valence-corrected chi connectivity index (χ2v) is 5.37. The van der Waals surface area contributed by atoms with E-state index in [0.717, 1.165) is 12.1 Å². The van der Waals surface area contributed by atoms with Crippen molar-refractivity contribution in [2.75, 3.05) is 25.6 Å². The Morgan fingerprint density at radius 2 is 1.96 bits per heavy atom. The zero-order valence-electron chi connectivity index (χ0n) is 15.1. The Labute approximate surface area is 163 Å². The predicted molar refractivity (Wildman–Crippen MR) is 105 cm³/mol. The molecule has 2 aromatic carbocycles. The van der Waals surface area contributed by atoms with Crippen LogP contribution in [-0.4, -0.2) is 31.1 Å². The van der Waals surface area contributed by atoms with E-state index < -0.39 is 4.92 Å². The van der Waals surface area contributed by atoms with E-state index in [1.54, 1.807) is 0 Å². The molecule has 0 unspecified atom stereocenters. The van der Waals surface area contributed by atoms with Crippen LogP contribution in [0, 0.1) is 10.1 Å². The van der Waals surface area contributed by atoms with E-state index in [-0.39, 0.29) is 36.4 Å². The molecule has 8 nitrogen and oxygen atoms in total. The van der Waals surface area contributed by atoms with Crippen molar-refractivity contribution in [2.24, 2.45) is 0 Å². The monoisotopic (exact) mass is 395 g/mol. The molecule has 0 saturated heterocycles. The third-order valence-corrected chi connectivity index (χ3v) is 3.57. The Morgan fingerprint density at radius 3 is 2.63 bits per heavy atom. The van der Waals surface area contributed by atoms with Crippen LogP contribution < -0.4 is 20.1 Å². The summed E-state index contributed by atoms with van der Waals surface area (Å²) in [4.78, 5) is 22.5. The first-order chi connectivity index (χ1) is 12.5. The molecule has 0 radical (unpaired) electrons. The average Bonchev–Trinajstić information content (AvgIpc) is 2.65. The normalized spacial score (nSPS) is 9.85. The smallest absolute Gasteiger partial charge is 0.311 e. The number of rotatable bonds is 9. The van der Waals surface area contributed by atoms with Crippen LogP contribution in [0.2, 0.25) is 0 Å². The van der Waals surface area contributed by atoms with Crippen LogP contribution in [0.3, 0.4) is 0 Å². The maximum absolute atomic E-state index is 12.1. The molecule has 146 valence electrons. The number of anilines is 1. The Balaban J connectivity index is 0.00000364. The number of benzene rings is 2. The lowest BCUT2D eigenvalue weighted by atomic mass is 10.1. The van der Waals surface area contributed by atoms with Gasteiger partial charge in [-0.25, -0.2) is 0 Å². The highest BCUT2D eigenvalue weighted by atomic mass is 35.5. The Morgan fingerprint density at radius 1 is 1.22 bits per heavy atom. The number of nitro groups is 1. The number of hydrogen-bond acceptors (Lipinski definition) is 6. The number of carbonyl (C=O) groups is 1. The molecule has 0 heterocycles. The fourth-order valence-corrected chi connectivity index (χ4v) is 2.29. The maximum Gasteiger partial charge on any atom is 0.311 e. The third-order valence-electron chi connectivity index (χ3n) is 3.57. The van der Waals surface area contributed by atoms with Crippen LogP contribution in [0.1, 0.15) is 12.5 Å². The summed E-state index contributed by atoms with van der Waals surface area (Å²) in [6.07, 6.45) is 0. The predicted octanol–water partition coefficient (Wildman–Crippen LogP) is 3.15. The SMILES string of the molecule is CCNCc1ccccc1NC(=O)COc1ccc([N+](=O)[O-])c(OC)c1.Cl. The largest absolute Gasteiger partial charge is 0.490 e. The molecule has 0 fully saturated rings. The van der Waals surface area contributed by atoms with Crippen molar-refractivity contribution < 1.29 is 19.2 Å². The molecule has 0 spiro atoms. The standard InChI is InChI=1S/C18H21N3O5.ClH/c1-3-19-11-13-6-4-5-7-15(13)20-18(22)12-26-14-8-9-16(21(23)24)17(10-14)25-2;/h4-10,19H,3,11-12H2,1-2H3,(H,20,22);1H. The van der Waals surface area contributed by atoms with Gasteiger partial charge in [0.25, 0.3) is 5.91 Å². The summed E-state index contributed by atoms with van der Waals surface area (Å²) >= 11 is 0. The molecule has 0 atom stereocenters. The molecule has 1 amide bonds. The second kappa shape index (κ2) is 11.0. The Kier molecular flexibility index (Phi) is 9.04. The Hall–Kier alpha value is -2.84. The second-order valence-electron chi connectivity index (χ2n) is 5.37. The van der Waals surface area contributed by atoms with Crippen LogP contribution in [0.25, 0.3) is 0 Å². The summed E-state index contributed by atoms with van der Waals surface area (Å²) < 4.78 is 10.4. The number of nitrogens with zero attached hydrogens (tertiary/aromatic N) is 1. The maximum atomic E-state index is 12.1. The molecule has 0 aliphatic heterocycles. The summed E-state index contributed by atoms with van der Waals surface area (Å²) in [7, 11) is 1.33. The van der Waals surface area contributed by atoms with E-state index in [1.165, 1.54) is 25.3 Å². The highest BCUT2D eigenvalue weighted by molar-refractivity contribution is 5.92. The van der Waals surface area contributed by atoms with Gasteiger partial charge in [0.15, 0.2) is 6.61 Å². The zero-order valence-corrected chi connectivity index (χ0v) is 15.9. The minimum absolute atomic E-state index is 0. The first kappa shape index (κ1) is 22.2. The molecule has 27 heavy (non-hydrogen) atoms. The molecule has 0 aromatic heterocycles. The number of halogens is 1. The molecule has 9 heteroatoms. The number of amides is 1. The van der Waals surface area contributed by atoms with Crippen molar-refractivity contribution in [3.63, 3.8) is 0 Å². The lowest BCUT2D eigenvalue weighted by Gasteiger charge is -2.12. The number of nitro benzene ring substituents is 1. The minimum atomic E-state index is -0.545. The zero-order chi connectivity index (χ0) is 18.9. The van der Waals surface area contributed by atoms with Gasteiger partial charge in [-0.05, 0) is 24.2 Å². The van der Waals surface area contributed by atoms with E-state index in [9.17, 15) is 14.9 Å². The molecule has 0 saturated carbocycles. The van der Waals surface area contributed by atoms with Gasteiger partial charge in [0.1, 0.15) is 5.75 Å². The number of hydrogen-bond donors (Lipinski definition) is 2. The molecular weight excluding hydrogens is 374 g/mol. The first-order valence-corrected chi connectivity index (χ1v) is 8.08. The van der Waals surface area contributed by atoms with Crippen LogP contribution in [0.4, 0.5) is 11.4 Å². The highest BCUT2D eigenvalue weighted by Gasteiger charge is 2.16. The number of carbonyl (C=O) groups excluding carboxylic acids is 1. The number of ether oxygens (including phenoxy) is 2. The van der Waals surface area contributed by atoms with Gasteiger partial charge in [-0.1, -0.05) is 25.1 Å². The molecular formula is C18H22ClN3O5. The fourth-order valence-electron chi connectivity index (χ4n) is 2.29. The van der Waals surface area contributed by atoms with E-state index in [0.29, 0.717) is 18.0 Å². The van der Waals surface area contributed by atoms with Crippen LogP contribution in [-0.2, 0) is 11.3 Å². The van der Waals surface area contributed by atoms with E-state index >= 15 is 0 Å². The highest BCUT2D eigenvalue weighted by Crippen LogP contribution is 2.30. The first-order valence-electron chi connectivity index (χ1n) is 8.08. The Bertz CT molecular complexity index is 785. The van der Waals surface area contributed by atoms with Crippen molar-refractivity contribution in [1.29, 1.82) is 0 Å². The molecule has 0 bridgehead atoms. The lowest BCUT2D eigenvalue weighted by Crippen LogP contribution is -2.22. The van der Waals surface area contributed by atoms with Crippen LogP contribution >= 0.6 is 12.4 Å². The summed E-state index contributed by atoms with van der Waals surface area (Å²) in [6.45, 7) is 3.25. The van der Waals surface area contributed by atoms with E-state index in [2.05, 4.69) is 10.6 Å². The molecule has 2 aromatic rings. The molecule has 2 rings (SSSR count). The molecule has 0 aliphatic carbocycles. The van der Waals surface area contributed by atoms with E-state index in [1.807, 2.05) is 31.2 Å². The van der Waals surface area contributed by atoms with Gasteiger partial charge in [-0.2, -0.15) is 0 Å². The van der Waals surface area contributed by atoms with Gasteiger partial charge in [-0.15, -0.1) is 12.4 Å². The molecule has 0 aliphatic rings. The average molecular weight is 396 g/mol. The van der Waals surface area contributed by atoms with Crippen molar-refractivity contribution in [1.82, 2.24) is 5.32 Å². The summed E-state index contributed by atoms with van der Waals surface area (Å²) in [5.41, 5.74) is 1.52. The van der Waals surface area contributed by atoms with Gasteiger partial charge in [0, 0.05) is 24.4 Å². The topological polar surface area (TPSA) is 103 Å². The van der Waals surface area contributed by atoms with Crippen LogP contribution in [0.5, 0.6) is 11.5 Å². The van der Waals surface area contributed by atoms with Crippen molar-refractivity contribution in [2.45, 2.75) is 13.5 Å². The van der Waals surface area contributed by atoms with Crippen molar-refractivity contribution >= 4 is 29.7 Å². The number of para-hydroxylation sites is 1. The fraction of sp³-hybridized carbons (Fsp3) is 0.278. The summed E-state index contributed by atoms with van der Waals surface area (Å²) in [6, 6.07) is 11.6. The van der Waals surface area contributed by atoms with E-state index in [4.69, 9.17) is 9.47 Å². The summed E-state index contributed by atoms with van der Waals surface area (Å²) in [5.74, 6) is 0.0543. The van der Waals surface area contributed by atoms with Gasteiger partial charge in [0.05, 0.1) is 12.0 Å². The van der Waals surface area contributed by atoms with Gasteiger partial charge < -0.3 is 20.1 Å². The molecule has 2 N–H and O–H groups in total.